The molecule has 1 aromatic carbocycles. The number of nitrogen functional groups attached to an aromatic ring is 1. The molecule has 0 fully saturated rings. The number of aromatic nitrogens is 2. The summed E-state index contributed by atoms with van der Waals surface area (Å²) in [6, 6.07) is 4.27. The molecular formula is C14H22N4O. The highest BCUT2D eigenvalue weighted by molar-refractivity contribution is 5.95. The topological polar surface area (TPSA) is 77.0 Å². The molecule has 5 nitrogen and oxygen atoms in total. The Morgan fingerprint density at radius 1 is 1.16 bits per heavy atom. The maximum atomic E-state index is 5.85. The molecule has 5 heteroatoms. The monoisotopic (exact) mass is 262 g/mol. The van der Waals surface area contributed by atoms with Crippen LogP contribution in [0, 0.1) is 0 Å². The summed E-state index contributed by atoms with van der Waals surface area (Å²) >= 11 is 0. The first kappa shape index (κ1) is 13.6. The molecular weight excluding hydrogens is 240 g/mol. The van der Waals surface area contributed by atoms with Crippen molar-refractivity contribution in [3.05, 3.63) is 12.1 Å². The van der Waals surface area contributed by atoms with Crippen LogP contribution in [0.3, 0.4) is 0 Å². The molecule has 2 rings (SSSR count). The Morgan fingerprint density at radius 3 is 2.68 bits per heavy atom. The summed E-state index contributed by atoms with van der Waals surface area (Å²) in [5.41, 5.74) is 8.76. The van der Waals surface area contributed by atoms with Gasteiger partial charge in [0.2, 0.25) is 0 Å². The summed E-state index contributed by atoms with van der Waals surface area (Å²) < 4.78 is 4.79. The smallest absolute Gasteiger partial charge is 0.160 e. The van der Waals surface area contributed by atoms with E-state index in [-0.39, 0.29) is 0 Å². The van der Waals surface area contributed by atoms with Crippen LogP contribution in [0.5, 0.6) is 0 Å². The van der Waals surface area contributed by atoms with Gasteiger partial charge < -0.3 is 11.1 Å². The van der Waals surface area contributed by atoms with E-state index < -0.39 is 0 Å². The van der Waals surface area contributed by atoms with Gasteiger partial charge in [-0.25, -0.2) is 4.63 Å². The van der Waals surface area contributed by atoms with Gasteiger partial charge in [-0.05, 0) is 35.3 Å². The quantitative estimate of drug-likeness (QED) is 0.746. The fraction of sp³-hybridized carbons (Fsp3) is 0.571. The molecule has 19 heavy (non-hydrogen) atoms. The SMILES string of the molecule is CCCCC(CCC)Nc1ccc(N)c2nonc12. The molecule has 1 heterocycles. The van der Waals surface area contributed by atoms with Crippen molar-refractivity contribution >= 4 is 22.4 Å². The van der Waals surface area contributed by atoms with Crippen molar-refractivity contribution in [1.82, 2.24) is 10.3 Å². The standard InChI is InChI=1S/C14H22N4O/c1-3-5-7-10(6-4-2)16-12-9-8-11(15)13-14(12)18-19-17-13/h8-10,16H,3-7,15H2,1-2H3. The van der Waals surface area contributed by atoms with Crippen LogP contribution in [0.1, 0.15) is 46.0 Å². The molecule has 104 valence electrons. The van der Waals surface area contributed by atoms with Gasteiger partial charge in [-0.2, -0.15) is 0 Å². The van der Waals surface area contributed by atoms with Crippen LogP contribution < -0.4 is 11.1 Å². The Morgan fingerprint density at radius 2 is 1.95 bits per heavy atom. The van der Waals surface area contributed by atoms with Crippen LogP contribution in [-0.4, -0.2) is 16.4 Å². The van der Waals surface area contributed by atoms with Crippen molar-refractivity contribution in [2.75, 3.05) is 11.1 Å². The van der Waals surface area contributed by atoms with Crippen LogP contribution >= 0.6 is 0 Å². The van der Waals surface area contributed by atoms with Gasteiger partial charge >= 0.3 is 0 Å². The van der Waals surface area contributed by atoms with E-state index in [0.29, 0.717) is 17.2 Å². The number of nitrogens with two attached hydrogens (primary N) is 1. The Bertz CT molecular complexity index is 523. The van der Waals surface area contributed by atoms with E-state index in [0.717, 1.165) is 24.0 Å². The van der Waals surface area contributed by atoms with Crippen molar-refractivity contribution in [3.63, 3.8) is 0 Å². The zero-order chi connectivity index (χ0) is 13.7. The average Bonchev–Trinajstić information content (AvgIpc) is 2.89. The van der Waals surface area contributed by atoms with Gasteiger partial charge in [0.05, 0.1) is 11.4 Å². The number of hydrogen-bond donors (Lipinski definition) is 2. The first-order chi connectivity index (χ1) is 9.26. The van der Waals surface area contributed by atoms with Gasteiger partial charge in [-0.1, -0.05) is 33.1 Å². The predicted molar refractivity (Wildman–Crippen MR) is 78.1 cm³/mol. The Kier molecular flexibility index (Phi) is 4.60. The van der Waals surface area contributed by atoms with E-state index in [1.54, 1.807) is 0 Å². The van der Waals surface area contributed by atoms with Crippen molar-refractivity contribution in [1.29, 1.82) is 0 Å². The predicted octanol–water partition coefficient (Wildman–Crippen LogP) is 3.58. The first-order valence-electron chi connectivity index (χ1n) is 7.03. The Balaban J connectivity index is 2.18. The van der Waals surface area contributed by atoms with Crippen molar-refractivity contribution in [2.45, 2.75) is 52.0 Å². The Labute approximate surface area is 113 Å². The van der Waals surface area contributed by atoms with Gasteiger partial charge in [-0.15, -0.1) is 0 Å². The van der Waals surface area contributed by atoms with Gasteiger partial charge in [0.15, 0.2) is 11.0 Å². The fourth-order valence-electron chi connectivity index (χ4n) is 2.31. The molecule has 0 amide bonds. The lowest BCUT2D eigenvalue weighted by Crippen LogP contribution is -2.19. The second-order valence-corrected chi connectivity index (χ2v) is 4.94. The number of fused-ring (bicyclic) bond motifs is 1. The highest BCUT2D eigenvalue weighted by atomic mass is 16.6. The molecule has 3 N–H and O–H groups in total. The minimum atomic E-state index is 0.466. The lowest BCUT2D eigenvalue weighted by molar-refractivity contribution is 0.315. The molecule has 0 aliphatic rings. The highest BCUT2D eigenvalue weighted by Gasteiger charge is 2.13. The molecule has 0 aliphatic carbocycles. The molecule has 2 aromatic rings. The average molecular weight is 262 g/mol. The lowest BCUT2D eigenvalue weighted by atomic mass is 10.0. The first-order valence-corrected chi connectivity index (χ1v) is 7.03. The third-order valence-electron chi connectivity index (χ3n) is 3.35. The number of unbranched alkanes of at least 4 members (excludes halogenated alkanes) is 1. The van der Waals surface area contributed by atoms with E-state index in [4.69, 9.17) is 10.4 Å². The second kappa shape index (κ2) is 6.41. The minimum absolute atomic E-state index is 0.466. The zero-order valence-corrected chi connectivity index (χ0v) is 11.6. The zero-order valence-electron chi connectivity index (χ0n) is 11.6. The van der Waals surface area contributed by atoms with Crippen LogP contribution in [0.2, 0.25) is 0 Å². The molecule has 1 aromatic heterocycles. The van der Waals surface area contributed by atoms with Gasteiger partial charge in [-0.3, -0.25) is 0 Å². The summed E-state index contributed by atoms with van der Waals surface area (Å²) in [7, 11) is 0. The number of hydrogen-bond acceptors (Lipinski definition) is 5. The van der Waals surface area contributed by atoms with E-state index in [1.807, 2.05) is 12.1 Å². The summed E-state index contributed by atoms with van der Waals surface area (Å²) in [6.45, 7) is 4.42. The maximum absolute atomic E-state index is 5.85. The number of anilines is 2. The molecule has 1 unspecified atom stereocenters. The molecule has 1 atom stereocenters. The largest absolute Gasteiger partial charge is 0.397 e. The van der Waals surface area contributed by atoms with E-state index >= 15 is 0 Å². The van der Waals surface area contributed by atoms with Crippen molar-refractivity contribution in [3.8, 4) is 0 Å². The van der Waals surface area contributed by atoms with Crippen molar-refractivity contribution in [2.24, 2.45) is 0 Å². The molecule has 0 saturated heterocycles. The molecule has 0 aliphatic heterocycles. The lowest BCUT2D eigenvalue weighted by Gasteiger charge is -2.19. The van der Waals surface area contributed by atoms with Gasteiger partial charge in [0.1, 0.15) is 0 Å². The molecule has 0 bridgehead atoms. The van der Waals surface area contributed by atoms with Crippen LogP contribution in [0.15, 0.2) is 16.8 Å². The normalized spacial score (nSPS) is 12.7. The minimum Gasteiger partial charge on any atom is -0.397 e. The number of nitrogens with zero attached hydrogens (tertiary/aromatic N) is 2. The third-order valence-corrected chi connectivity index (χ3v) is 3.35. The highest BCUT2D eigenvalue weighted by Crippen LogP contribution is 2.26. The van der Waals surface area contributed by atoms with Gasteiger partial charge in [0.25, 0.3) is 0 Å². The molecule has 0 saturated carbocycles. The van der Waals surface area contributed by atoms with E-state index in [1.165, 1.54) is 19.3 Å². The van der Waals surface area contributed by atoms with Crippen LogP contribution in [0.4, 0.5) is 11.4 Å². The van der Waals surface area contributed by atoms with Crippen molar-refractivity contribution < 1.29 is 4.63 Å². The molecule has 0 radical (unpaired) electrons. The van der Waals surface area contributed by atoms with Gasteiger partial charge in [0, 0.05) is 6.04 Å². The fourth-order valence-corrected chi connectivity index (χ4v) is 2.31. The van der Waals surface area contributed by atoms with Crippen LogP contribution in [-0.2, 0) is 0 Å². The number of benzene rings is 1. The summed E-state index contributed by atoms with van der Waals surface area (Å²) in [6.07, 6.45) is 5.92. The maximum Gasteiger partial charge on any atom is 0.160 e. The second-order valence-electron chi connectivity index (χ2n) is 4.94. The molecule has 0 spiro atoms. The van der Waals surface area contributed by atoms with Crippen LogP contribution in [0.25, 0.3) is 11.0 Å². The van der Waals surface area contributed by atoms with E-state index in [9.17, 15) is 0 Å². The summed E-state index contributed by atoms with van der Waals surface area (Å²) in [5, 5.41) is 11.3. The van der Waals surface area contributed by atoms with E-state index in [2.05, 4.69) is 29.5 Å². The number of rotatable bonds is 7. The summed E-state index contributed by atoms with van der Waals surface area (Å²) in [5.74, 6) is 0. The summed E-state index contributed by atoms with van der Waals surface area (Å²) in [4.78, 5) is 0. The Hall–Kier alpha value is -1.78. The third kappa shape index (κ3) is 3.16. The number of nitrogens with one attached hydrogen (secondary N) is 1.